The van der Waals surface area contributed by atoms with Crippen LogP contribution in [0.1, 0.15) is 43.8 Å². The maximum Gasteiger partial charge on any atom is 0.227 e. The highest BCUT2D eigenvalue weighted by Gasteiger charge is 2.37. The normalized spacial score (nSPS) is 13.3. The summed E-state index contributed by atoms with van der Waals surface area (Å²) in [5, 5.41) is 23.7. The van der Waals surface area contributed by atoms with Crippen molar-refractivity contribution in [1.82, 2.24) is 0 Å². The number of nitro groups is 1. The maximum atomic E-state index is 12.5. The Morgan fingerprint density at radius 2 is 1.81 bits per heavy atom. The van der Waals surface area contributed by atoms with E-state index in [4.69, 9.17) is 8.84 Å². The third kappa shape index (κ3) is 4.92. The van der Waals surface area contributed by atoms with Gasteiger partial charge in [0.2, 0.25) is 17.7 Å². The summed E-state index contributed by atoms with van der Waals surface area (Å²) < 4.78 is 12.1. The molecule has 2 aromatic carbocycles. The number of rotatable bonds is 7. The van der Waals surface area contributed by atoms with Gasteiger partial charge in [0, 0.05) is 11.0 Å². The number of hydrogen-bond donors (Lipinski definition) is 1. The highest BCUT2D eigenvalue weighted by Crippen LogP contribution is 2.38. The highest BCUT2D eigenvalue weighted by molar-refractivity contribution is 6.74. The van der Waals surface area contributed by atoms with Crippen LogP contribution < -0.4 is 5.43 Å². The van der Waals surface area contributed by atoms with E-state index in [-0.39, 0.29) is 23.2 Å². The van der Waals surface area contributed by atoms with Crippen molar-refractivity contribution in [2.24, 2.45) is 0 Å². The zero-order valence-corrected chi connectivity index (χ0v) is 20.0. The van der Waals surface area contributed by atoms with E-state index < -0.39 is 36.9 Å². The molecule has 0 amide bonds. The standard InChI is InChI=1S/C24H29NO6Si/c1-24(2,3)32(4,5)30-15-17-13-21(26)22(27)23(31-17)20(14-25(28)29)19-12-8-10-16-9-6-7-11-18(16)19/h6-13,20,27H,14-15H2,1-5H3. The summed E-state index contributed by atoms with van der Waals surface area (Å²) in [6.07, 6.45) is 0. The maximum absolute atomic E-state index is 12.5. The lowest BCUT2D eigenvalue weighted by Crippen LogP contribution is -2.40. The van der Waals surface area contributed by atoms with Crippen molar-refractivity contribution >= 4 is 19.1 Å². The third-order valence-corrected chi connectivity index (χ3v) is 10.7. The Hall–Kier alpha value is -2.97. The molecule has 0 spiro atoms. The predicted octanol–water partition coefficient (Wildman–Crippen LogP) is 5.43. The second-order valence-electron chi connectivity index (χ2n) is 9.48. The van der Waals surface area contributed by atoms with Gasteiger partial charge in [-0.05, 0) is 34.5 Å². The Balaban J connectivity index is 2.09. The molecular weight excluding hydrogens is 426 g/mol. The van der Waals surface area contributed by atoms with E-state index >= 15 is 0 Å². The van der Waals surface area contributed by atoms with Crippen LogP contribution in [-0.2, 0) is 11.0 Å². The lowest BCUT2D eigenvalue weighted by atomic mass is 9.91. The van der Waals surface area contributed by atoms with Gasteiger partial charge in [-0.3, -0.25) is 14.9 Å². The average Bonchev–Trinajstić information content (AvgIpc) is 2.71. The summed E-state index contributed by atoms with van der Waals surface area (Å²) in [7, 11) is -2.12. The summed E-state index contributed by atoms with van der Waals surface area (Å²) in [6, 6.07) is 14.1. The topological polar surface area (TPSA) is 103 Å². The molecule has 1 heterocycles. The van der Waals surface area contributed by atoms with E-state index in [1.807, 2.05) is 30.3 Å². The van der Waals surface area contributed by atoms with Gasteiger partial charge in [0.05, 0.1) is 6.61 Å². The molecule has 0 saturated heterocycles. The molecule has 0 aliphatic heterocycles. The van der Waals surface area contributed by atoms with Gasteiger partial charge < -0.3 is 13.9 Å². The molecule has 1 N–H and O–H groups in total. The monoisotopic (exact) mass is 455 g/mol. The van der Waals surface area contributed by atoms with Gasteiger partial charge >= 0.3 is 0 Å². The van der Waals surface area contributed by atoms with E-state index in [0.29, 0.717) is 5.56 Å². The lowest BCUT2D eigenvalue weighted by Gasteiger charge is -2.35. The van der Waals surface area contributed by atoms with Crippen LogP contribution in [0, 0.1) is 10.1 Å². The third-order valence-electron chi connectivity index (χ3n) is 6.23. The first-order valence-electron chi connectivity index (χ1n) is 10.5. The number of nitrogens with zero attached hydrogens (tertiary/aromatic N) is 1. The molecular formula is C24H29NO6Si. The Morgan fingerprint density at radius 1 is 1.16 bits per heavy atom. The van der Waals surface area contributed by atoms with Crippen molar-refractivity contribution < 1.29 is 18.9 Å². The molecule has 0 aliphatic rings. The fourth-order valence-electron chi connectivity index (χ4n) is 3.36. The van der Waals surface area contributed by atoms with Crippen molar-refractivity contribution in [2.45, 2.75) is 51.4 Å². The van der Waals surface area contributed by atoms with Crippen LogP contribution in [0.4, 0.5) is 0 Å². The second kappa shape index (κ2) is 8.88. The molecule has 7 nitrogen and oxygen atoms in total. The summed E-state index contributed by atoms with van der Waals surface area (Å²) >= 11 is 0. The molecule has 1 unspecified atom stereocenters. The zero-order valence-electron chi connectivity index (χ0n) is 19.0. The predicted molar refractivity (Wildman–Crippen MR) is 126 cm³/mol. The first-order valence-corrected chi connectivity index (χ1v) is 13.4. The molecule has 0 radical (unpaired) electrons. The lowest BCUT2D eigenvalue weighted by molar-refractivity contribution is -0.482. The van der Waals surface area contributed by atoms with E-state index in [1.165, 1.54) is 6.07 Å². The first kappa shape index (κ1) is 23.7. The molecule has 170 valence electrons. The minimum Gasteiger partial charge on any atom is -0.502 e. The highest BCUT2D eigenvalue weighted by atomic mass is 28.4. The number of aromatic hydroxyl groups is 1. The Morgan fingerprint density at radius 3 is 2.47 bits per heavy atom. The molecule has 1 aromatic heterocycles. The van der Waals surface area contributed by atoms with Crippen LogP contribution >= 0.6 is 0 Å². The zero-order chi connectivity index (χ0) is 23.7. The van der Waals surface area contributed by atoms with Crippen LogP contribution in [-0.4, -0.2) is 24.9 Å². The summed E-state index contributed by atoms with van der Waals surface area (Å²) in [5.41, 5.74) is -0.0330. The van der Waals surface area contributed by atoms with Gasteiger partial charge in [-0.2, -0.15) is 0 Å². The van der Waals surface area contributed by atoms with E-state index in [2.05, 4.69) is 33.9 Å². The molecule has 0 saturated carbocycles. The Bertz CT molecular complexity index is 1190. The smallest absolute Gasteiger partial charge is 0.227 e. The quantitative estimate of drug-likeness (QED) is 0.289. The molecule has 3 rings (SSSR count). The number of fused-ring (bicyclic) bond motifs is 1. The number of hydrogen-bond acceptors (Lipinski definition) is 6. The molecule has 0 aliphatic carbocycles. The van der Waals surface area contributed by atoms with Gasteiger partial charge in [0.1, 0.15) is 11.7 Å². The van der Waals surface area contributed by atoms with Gasteiger partial charge in [-0.15, -0.1) is 0 Å². The molecule has 3 aromatic rings. The van der Waals surface area contributed by atoms with Gasteiger partial charge in [-0.25, -0.2) is 0 Å². The number of benzene rings is 2. The molecule has 1 atom stereocenters. The molecule has 0 fully saturated rings. The Kier molecular flexibility index (Phi) is 6.57. The van der Waals surface area contributed by atoms with Crippen LogP contribution in [0.5, 0.6) is 5.75 Å². The van der Waals surface area contributed by atoms with Gasteiger partial charge in [0.15, 0.2) is 14.1 Å². The van der Waals surface area contributed by atoms with Crippen LogP contribution in [0.15, 0.2) is 57.7 Å². The van der Waals surface area contributed by atoms with Crippen molar-refractivity contribution in [3.05, 3.63) is 86.0 Å². The van der Waals surface area contributed by atoms with Crippen molar-refractivity contribution in [3.8, 4) is 5.75 Å². The molecule has 8 heteroatoms. The minimum absolute atomic E-state index is 0.0375. The van der Waals surface area contributed by atoms with Gasteiger partial charge in [-0.1, -0.05) is 63.2 Å². The van der Waals surface area contributed by atoms with Gasteiger partial charge in [0.25, 0.3) is 0 Å². The largest absolute Gasteiger partial charge is 0.502 e. The van der Waals surface area contributed by atoms with E-state index in [0.717, 1.165) is 10.8 Å². The van der Waals surface area contributed by atoms with Crippen molar-refractivity contribution in [1.29, 1.82) is 0 Å². The van der Waals surface area contributed by atoms with Crippen molar-refractivity contribution in [3.63, 3.8) is 0 Å². The average molecular weight is 456 g/mol. The van der Waals surface area contributed by atoms with E-state index in [9.17, 15) is 20.0 Å². The van der Waals surface area contributed by atoms with Crippen LogP contribution in [0.3, 0.4) is 0 Å². The summed E-state index contributed by atoms with van der Waals surface area (Å²) in [5.74, 6) is -1.42. The molecule has 0 bridgehead atoms. The Labute approximate surface area is 187 Å². The van der Waals surface area contributed by atoms with Crippen molar-refractivity contribution in [2.75, 3.05) is 6.54 Å². The second-order valence-corrected chi connectivity index (χ2v) is 14.3. The minimum atomic E-state index is -2.12. The van der Waals surface area contributed by atoms with Crippen LogP contribution in [0.2, 0.25) is 18.1 Å². The SMILES string of the molecule is CC(C)(C)[Si](C)(C)OCc1cc(=O)c(O)c(C(C[N+](=O)[O-])c2cccc3ccccc23)o1. The first-order chi connectivity index (χ1) is 14.9. The fourth-order valence-corrected chi connectivity index (χ4v) is 4.29. The summed E-state index contributed by atoms with van der Waals surface area (Å²) in [6.45, 7) is 9.99. The summed E-state index contributed by atoms with van der Waals surface area (Å²) in [4.78, 5) is 23.6. The van der Waals surface area contributed by atoms with E-state index in [1.54, 1.807) is 12.1 Å². The fraction of sp³-hybridized carbons (Fsp3) is 0.375. The molecule has 32 heavy (non-hydrogen) atoms. The van der Waals surface area contributed by atoms with Crippen LogP contribution in [0.25, 0.3) is 10.8 Å².